The average Bonchev–Trinajstić information content (AvgIpc) is 3.20. The highest BCUT2D eigenvalue weighted by molar-refractivity contribution is 7.19. The van der Waals surface area contributed by atoms with Crippen LogP contribution in [0.3, 0.4) is 0 Å². The molecular formula is C19H17ClN4O2S. The Labute approximate surface area is 164 Å². The van der Waals surface area contributed by atoms with Crippen molar-refractivity contribution in [2.75, 3.05) is 0 Å². The molecule has 0 atom stereocenters. The molecule has 0 fully saturated rings. The van der Waals surface area contributed by atoms with Crippen molar-refractivity contribution in [3.8, 4) is 0 Å². The van der Waals surface area contributed by atoms with Crippen LogP contribution in [0, 0.1) is 0 Å². The number of hydrogen-bond donors (Lipinski definition) is 1. The van der Waals surface area contributed by atoms with Gasteiger partial charge in [-0.15, -0.1) is 11.3 Å². The largest absolute Gasteiger partial charge is 0.350 e. The summed E-state index contributed by atoms with van der Waals surface area (Å²) in [6, 6.07) is 11.2. The highest BCUT2D eigenvalue weighted by Gasteiger charge is 2.13. The van der Waals surface area contributed by atoms with Gasteiger partial charge >= 0.3 is 0 Å². The number of carbonyl (C=O) groups is 1. The molecule has 0 aliphatic rings. The molecule has 0 aliphatic carbocycles. The Kier molecular flexibility index (Phi) is 4.72. The first-order valence-electron chi connectivity index (χ1n) is 8.56. The summed E-state index contributed by atoms with van der Waals surface area (Å²) >= 11 is 7.61. The molecule has 1 aromatic carbocycles. The highest BCUT2D eigenvalue weighted by atomic mass is 35.5. The molecule has 1 N–H and O–H groups in total. The fourth-order valence-corrected chi connectivity index (χ4v) is 4.22. The fraction of sp³-hybridized carbons (Fsp3) is 0.211. The van der Waals surface area contributed by atoms with Gasteiger partial charge in [0.25, 0.3) is 5.56 Å². The second-order valence-electron chi connectivity index (χ2n) is 6.22. The van der Waals surface area contributed by atoms with E-state index in [0.29, 0.717) is 17.1 Å². The van der Waals surface area contributed by atoms with Gasteiger partial charge in [0, 0.05) is 16.4 Å². The molecule has 1 amide bonds. The van der Waals surface area contributed by atoms with Gasteiger partial charge in [-0.1, -0.05) is 30.7 Å². The predicted molar refractivity (Wildman–Crippen MR) is 108 cm³/mol. The molecule has 138 valence electrons. The van der Waals surface area contributed by atoms with Crippen LogP contribution in [0.25, 0.3) is 15.7 Å². The maximum absolute atomic E-state index is 12.7. The van der Waals surface area contributed by atoms with Crippen molar-refractivity contribution in [3.63, 3.8) is 0 Å². The normalized spacial score (nSPS) is 11.3. The third-order valence-electron chi connectivity index (χ3n) is 4.36. The molecule has 6 nitrogen and oxygen atoms in total. The van der Waals surface area contributed by atoms with Crippen molar-refractivity contribution < 1.29 is 4.79 Å². The maximum atomic E-state index is 12.7. The Hall–Kier alpha value is -2.64. The number of aromatic nitrogens is 3. The summed E-state index contributed by atoms with van der Waals surface area (Å²) in [5.41, 5.74) is 2.12. The minimum absolute atomic E-state index is 0.130. The standard InChI is InChI=1S/C19H17ClN4O2S/c1-2-14-7-15-17(27-14)8-16-19(26)24(22-11-23(15)16)10-18(25)21-9-12-4-3-5-13(20)6-12/h3-8,11H,2,9-10H2,1H3,(H,21,25). The monoisotopic (exact) mass is 400 g/mol. The lowest BCUT2D eigenvalue weighted by Gasteiger charge is -2.07. The highest BCUT2D eigenvalue weighted by Crippen LogP contribution is 2.28. The van der Waals surface area contributed by atoms with Gasteiger partial charge in [-0.2, -0.15) is 5.10 Å². The zero-order valence-electron chi connectivity index (χ0n) is 14.6. The maximum Gasteiger partial charge on any atom is 0.291 e. The molecule has 0 aliphatic heterocycles. The Morgan fingerprint density at radius 1 is 1.26 bits per heavy atom. The van der Waals surface area contributed by atoms with Crippen molar-refractivity contribution in [2.24, 2.45) is 0 Å². The van der Waals surface area contributed by atoms with Gasteiger partial charge in [0.05, 0.1) is 10.2 Å². The van der Waals surface area contributed by atoms with Crippen LogP contribution in [0.1, 0.15) is 17.4 Å². The number of hydrogen-bond acceptors (Lipinski definition) is 4. The molecule has 27 heavy (non-hydrogen) atoms. The molecule has 0 saturated carbocycles. The van der Waals surface area contributed by atoms with Crippen LogP contribution >= 0.6 is 22.9 Å². The molecule has 0 bridgehead atoms. The van der Waals surface area contributed by atoms with Crippen molar-refractivity contribution in [1.29, 1.82) is 0 Å². The Bertz CT molecular complexity index is 1210. The zero-order valence-corrected chi connectivity index (χ0v) is 16.2. The number of aryl methyl sites for hydroxylation is 1. The molecule has 3 aromatic heterocycles. The molecule has 3 heterocycles. The summed E-state index contributed by atoms with van der Waals surface area (Å²) in [4.78, 5) is 26.2. The summed E-state index contributed by atoms with van der Waals surface area (Å²) in [5.74, 6) is -0.282. The third-order valence-corrected chi connectivity index (χ3v) is 5.81. The van der Waals surface area contributed by atoms with E-state index in [-0.39, 0.29) is 18.0 Å². The topological polar surface area (TPSA) is 68.4 Å². The molecule has 0 unspecified atom stereocenters. The molecule has 4 rings (SSSR count). The minimum Gasteiger partial charge on any atom is -0.350 e. The summed E-state index contributed by atoms with van der Waals surface area (Å²) in [6.45, 7) is 2.32. The van der Waals surface area contributed by atoms with Gasteiger partial charge < -0.3 is 5.32 Å². The number of halogens is 1. The molecule has 0 spiro atoms. The van der Waals surface area contributed by atoms with Crippen LogP contribution in [0.15, 0.2) is 47.5 Å². The number of thiophene rings is 1. The van der Waals surface area contributed by atoms with Crippen molar-refractivity contribution in [3.05, 3.63) is 68.5 Å². The van der Waals surface area contributed by atoms with E-state index in [1.807, 2.05) is 18.2 Å². The van der Waals surface area contributed by atoms with E-state index in [2.05, 4.69) is 23.4 Å². The lowest BCUT2D eigenvalue weighted by molar-refractivity contribution is -0.122. The minimum atomic E-state index is -0.282. The van der Waals surface area contributed by atoms with Gasteiger partial charge in [0.15, 0.2) is 0 Å². The molecule has 4 aromatic rings. The fourth-order valence-electron chi connectivity index (χ4n) is 2.98. The first kappa shape index (κ1) is 17.8. The first-order valence-corrected chi connectivity index (χ1v) is 9.75. The molecule has 8 heteroatoms. The van der Waals surface area contributed by atoms with Crippen LogP contribution in [0.2, 0.25) is 5.02 Å². The summed E-state index contributed by atoms with van der Waals surface area (Å²) in [6.07, 6.45) is 2.55. The van der Waals surface area contributed by atoms with Crippen molar-refractivity contribution in [2.45, 2.75) is 26.4 Å². The van der Waals surface area contributed by atoms with Crippen LogP contribution in [0.4, 0.5) is 0 Å². The zero-order chi connectivity index (χ0) is 19.0. The van der Waals surface area contributed by atoms with Crippen molar-refractivity contribution >= 4 is 44.6 Å². The van der Waals surface area contributed by atoms with Crippen LogP contribution in [-0.4, -0.2) is 20.1 Å². The smallest absolute Gasteiger partial charge is 0.291 e. The third kappa shape index (κ3) is 3.48. The van der Waals surface area contributed by atoms with Gasteiger partial charge in [0.2, 0.25) is 5.91 Å². The van der Waals surface area contributed by atoms with Crippen LogP contribution in [-0.2, 0) is 24.3 Å². The van der Waals surface area contributed by atoms with Gasteiger partial charge in [-0.3, -0.25) is 14.0 Å². The second-order valence-corrected chi connectivity index (χ2v) is 7.82. The van der Waals surface area contributed by atoms with Gasteiger partial charge in [-0.05, 0) is 36.2 Å². The van der Waals surface area contributed by atoms with Crippen molar-refractivity contribution in [1.82, 2.24) is 19.5 Å². The number of nitrogens with one attached hydrogen (secondary N) is 1. The number of fused-ring (bicyclic) bond motifs is 3. The Morgan fingerprint density at radius 2 is 2.11 bits per heavy atom. The number of rotatable bonds is 5. The Morgan fingerprint density at radius 3 is 2.89 bits per heavy atom. The van der Waals surface area contributed by atoms with E-state index >= 15 is 0 Å². The SMILES string of the molecule is CCc1cc2c(cc3c(=O)n(CC(=O)NCc4cccc(Cl)c4)ncn32)s1. The summed E-state index contributed by atoms with van der Waals surface area (Å²) in [5, 5.41) is 7.56. The van der Waals surface area contributed by atoms with E-state index in [1.165, 1.54) is 9.56 Å². The number of carbonyl (C=O) groups excluding carboxylic acids is 1. The van der Waals surface area contributed by atoms with E-state index in [4.69, 9.17) is 11.6 Å². The predicted octanol–water partition coefficient (Wildman–Crippen LogP) is 3.24. The number of nitrogens with zero attached hydrogens (tertiary/aromatic N) is 3. The second kappa shape index (κ2) is 7.17. The average molecular weight is 401 g/mol. The van der Waals surface area contributed by atoms with Gasteiger partial charge in [-0.25, -0.2) is 4.68 Å². The van der Waals surface area contributed by atoms with Gasteiger partial charge in [0.1, 0.15) is 18.4 Å². The van der Waals surface area contributed by atoms with Crippen LogP contribution < -0.4 is 10.9 Å². The Balaban J connectivity index is 1.54. The van der Waals surface area contributed by atoms with E-state index in [1.54, 1.807) is 34.2 Å². The van der Waals surface area contributed by atoms with E-state index < -0.39 is 0 Å². The quantitative estimate of drug-likeness (QED) is 0.559. The molecule has 0 saturated heterocycles. The number of amides is 1. The summed E-state index contributed by atoms with van der Waals surface area (Å²) in [7, 11) is 0. The summed E-state index contributed by atoms with van der Waals surface area (Å²) < 4.78 is 4.02. The van der Waals surface area contributed by atoms with E-state index in [9.17, 15) is 9.59 Å². The molecule has 0 radical (unpaired) electrons. The first-order chi connectivity index (χ1) is 13.0. The van der Waals surface area contributed by atoms with Crippen LogP contribution in [0.5, 0.6) is 0 Å². The number of benzene rings is 1. The van der Waals surface area contributed by atoms with E-state index in [0.717, 1.165) is 22.2 Å². The lowest BCUT2D eigenvalue weighted by Crippen LogP contribution is -2.33. The molecular weight excluding hydrogens is 384 g/mol. The lowest BCUT2D eigenvalue weighted by atomic mass is 10.2.